The standard InChI is InChI=1S/C22H42N2O2/c1-5-8-10-12-14-16-18-19(17-15-13-11-9-6-2)24-20(25)22(4,7-3)23-21(24)26/h19H,5-18H2,1-4H3,(H,23,26)/t19?,22-/m1/s1. The molecule has 4 nitrogen and oxygen atoms in total. The largest absolute Gasteiger partial charge is 0.325 e. The number of unbranched alkanes of at least 4 members (excludes halogenated alkanes) is 9. The smallest absolute Gasteiger partial charge is 0.323 e. The lowest BCUT2D eigenvalue weighted by Gasteiger charge is -2.27. The van der Waals surface area contributed by atoms with Crippen molar-refractivity contribution in [1.82, 2.24) is 10.2 Å². The number of hydrogen-bond donors (Lipinski definition) is 1. The van der Waals surface area contributed by atoms with Crippen LogP contribution < -0.4 is 5.32 Å². The molecule has 0 spiro atoms. The molecule has 1 N–H and O–H groups in total. The van der Waals surface area contributed by atoms with Crippen molar-refractivity contribution in [3.63, 3.8) is 0 Å². The van der Waals surface area contributed by atoms with Crippen molar-refractivity contribution in [3.05, 3.63) is 0 Å². The lowest BCUT2D eigenvalue weighted by atomic mass is 9.96. The first-order valence-corrected chi connectivity index (χ1v) is 11.2. The van der Waals surface area contributed by atoms with Crippen molar-refractivity contribution in [1.29, 1.82) is 0 Å². The van der Waals surface area contributed by atoms with Crippen molar-refractivity contribution < 1.29 is 9.59 Å². The van der Waals surface area contributed by atoms with Crippen LogP contribution in [0.15, 0.2) is 0 Å². The zero-order valence-corrected chi connectivity index (χ0v) is 17.7. The number of hydrogen-bond acceptors (Lipinski definition) is 2. The number of rotatable bonds is 15. The van der Waals surface area contributed by atoms with Gasteiger partial charge in [0.2, 0.25) is 0 Å². The monoisotopic (exact) mass is 366 g/mol. The highest BCUT2D eigenvalue weighted by molar-refractivity contribution is 6.07. The lowest BCUT2D eigenvalue weighted by Crippen LogP contribution is -2.45. The number of urea groups is 1. The summed E-state index contributed by atoms with van der Waals surface area (Å²) in [6, 6.07) is -0.104. The summed E-state index contributed by atoms with van der Waals surface area (Å²) in [4.78, 5) is 26.9. The average Bonchev–Trinajstić information content (AvgIpc) is 2.85. The Bertz CT molecular complexity index is 424. The number of carbonyl (C=O) groups is 2. The zero-order chi connectivity index (χ0) is 19.4. The van der Waals surface area contributed by atoms with E-state index in [1.807, 2.05) is 13.8 Å². The van der Waals surface area contributed by atoms with Crippen LogP contribution in [-0.2, 0) is 4.79 Å². The first-order valence-electron chi connectivity index (χ1n) is 11.2. The van der Waals surface area contributed by atoms with E-state index in [-0.39, 0.29) is 18.0 Å². The van der Waals surface area contributed by atoms with Crippen molar-refractivity contribution >= 4 is 11.9 Å². The maximum atomic E-state index is 12.9. The molecular formula is C22H42N2O2. The Morgan fingerprint density at radius 3 is 1.69 bits per heavy atom. The highest BCUT2D eigenvalue weighted by atomic mass is 16.2. The molecule has 26 heavy (non-hydrogen) atoms. The van der Waals surface area contributed by atoms with Gasteiger partial charge in [0.05, 0.1) is 0 Å². The molecule has 1 heterocycles. The maximum Gasteiger partial charge on any atom is 0.325 e. The third kappa shape index (κ3) is 6.92. The Morgan fingerprint density at radius 2 is 1.27 bits per heavy atom. The van der Waals surface area contributed by atoms with E-state index >= 15 is 0 Å². The lowest BCUT2D eigenvalue weighted by molar-refractivity contribution is -0.132. The fraction of sp³-hybridized carbons (Fsp3) is 0.909. The van der Waals surface area contributed by atoms with Crippen molar-refractivity contribution in [3.8, 4) is 0 Å². The van der Waals surface area contributed by atoms with Gasteiger partial charge in [0.1, 0.15) is 5.54 Å². The summed E-state index contributed by atoms with van der Waals surface area (Å²) in [6.07, 6.45) is 16.1. The summed E-state index contributed by atoms with van der Waals surface area (Å²) >= 11 is 0. The summed E-state index contributed by atoms with van der Waals surface area (Å²) in [7, 11) is 0. The molecular weight excluding hydrogens is 324 g/mol. The van der Waals surface area contributed by atoms with Crippen molar-refractivity contribution in [2.75, 3.05) is 0 Å². The van der Waals surface area contributed by atoms with Crippen molar-refractivity contribution in [2.24, 2.45) is 0 Å². The number of nitrogens with one attached hydrogen (secondary N) is 1. The predicted octanol–water partition coefficient (Wildman–Crippen LogP) is 6.19. The predicted molar refractivity (Wildman–Crippen MR) is 109 cm³/mol. The van der Waals surface area contributed by atoms with E-state index in [4.69, 9.17) is 0 Å². The quantitative estimate of drug-likeness (QED) is 0.277. The first-order chi connectivity index (χ1) is 12.5. The van der Waals surface area contributed by atoms with E-state index in [1.54, 1.807) is 4.90 Å². The van der Waals surface area contributed by atoms with E-state index < -0.39 is 5.54 Å². The molecule has 1 aliphatic rings. The minimum Gasteiger partial charge on any atom is -0.323 e. The Labute approximate surface area is 161 Å². The SMILES string of the molecule is CCCCCCCCC(CCCCCCC)N1C(=O)N[C@](C)(CC)C1=O. The molecule has 0 saturated carbocycles. The van der Waals surface area contributed by atoms with Crippen LogP contribution in [0.1, 0.15) is 118 Å². The van der Waals surface area contributed by atoms with Gasteiger partial charge < -0.3 is 5.32 Å². The van der Waals surface area contributed by atoms with Crippen molar-refractivity contribution in [2.45, 2.75) is 129 Å². The molecule has 0 aromatic carbocycles. The van der Waals surface area contributed by atoms with Crippen LogP contribution in [-0.4, -0.2) is 28.4 Å². The summed E-state index contributed by atoms with van der Waals surface area (Å²) in [5.41, 5.74) is -0.710. The normalized spacial score (nSPS) is 21.3. The van der Waals surface area contributed by atoms with E-state index in [0.717, 1.165) is 25.7 Å². The van der Waals surface area contributed by atoms with Crippen LogP contribution >= 0.6 is 0 Å². The summed E-state index contributed by atoms with van der Waals surface area (Å²) in [6.45, 7) is 8.28. The van der Waals surface area contributed by atoms with Crippen LogP contribution in [0.4, 0.5) is 4.79 Å². The van der Waals surface area contributed by atoms with Crippen LogP contribution in [0.3, 0.4) is 0 Å². The molecule has 0 bridgehead atoms. The molecule has 0 aromatic heterocycles. The van der Waals surface area contributed by atoms with Gasteiger partial charge >= 0.3 is 6.03 Å². The van der Waals surface area contributed by atoms with Gasteiger partial charge in [-0.05, 0) is 26.2 Å². The maximum absolute atomic E-state index is 12.9. The van der Waals surface area contributed by atoms with Crippen LogP contribution in [0.5, 0.6) is 0 Å². The minimum atomic E-state index is -0.710. The van der Waals surface area contributed by atoms with E-state index in [2.05, 4.69) is 19.2 Å². The first kappa shape index (κ1) is 23.0. The van der Waals surface area contributed by atoms with Gasteiger partial charge in [0.15, 0.2) is 0 Å². The Hall–Kier alpha value is -1.06. The molecule has 1 rings (SSSR count). The molecule has 152 valence electrons. The third-order valence-corrected chi connectivity index (χ3v) is 5.90. The third-order valence-electron chi connectivity index (χ3n) is 5.90. The molecule has 1 saturated heterocycles. The Morgan fingerprint density at radius 1 is 0.808 bits per heavy atom. The molecule has 1 aliphatic heterocycles. The molecule has 0 aromatic rings. The Kier molecular flexibility index (Phi) is 10.9. The van der Waals surface area contributed by atoms with Gasteiger partial charge in [-0.2, -0.15) is 0 Å². The number of amides is 3. The van der Waals surface area contributed by atoms with Gasteiger partial charge in [-0.3, -0.25) is 9.69 Å². The summed E-state index contributed by atoms with van der Waals surface area (Å²) < 4.78 is 0. The second kappa shape index (κ2) is 12.3. The molecule has 1 unspecified atom stereocenters. The Balaban J connectivity index is 2.58. The van der Waals surface area contributed by atoms with E-state index in [9.17, 15) is 9.59 Å². The molecule has 1 fully saturated rings. The fourth-order valence-electron chi connectivity index (χ4n) is 3.83. The van der Waals surface area contributed by atoms with Crippen LogP contribution in [0.25, 0.3) is 0 Å². The number of imide groups is 1. The van der Waals surface area contributed by atoms with Crippen LogP contribution in [0.2, 0.25) is 0 Å². The fourth-order valence-corrected chi connectivity index (χ4v) is 3.83. The topological polar surface area (TPSA) is 49.4 Å². The number of carbonyl (C=O) groups excluding carboxylic acids is 2. The van der Waals surface area contributed by atoms with E-state index in [0.29, 0.717) is 6.42 Å². The summed E-state index contributed by atoms with van der Waals surface area (Å²) in [5, 5.41) is 2.93. The zero-order valence-electron chi connectivity index (χ0n) is 17.7. The molecule has 3 amide bonds. The van der Waals surface area contributed by atoms with Gasteiger partial charge in [0.25, 0.3) is 5.91 Å². The minimum absolute atomic E-state index is 0.0189. The van der Waals surface area contributed by atoms with Gasteiger partial charge in [-0.1, -0.05) is 91.4 Å². The number of nitrogens with zero attached hydrogens (tertiary/aromatic N) is 1. The van der Waals surface area contributed by atoms with Gasteiger partial charge in [-0.15, -0.1) is 0 Å². The molecule has 0 radical (unpaired) electrons. The molecule has 2 atom stereocenters. The molecule has 0 aliphatic carbocycles. The highest BCUT2D eigenvalue weighted by Crippen LogP contribution is 2.27. The second-order valence-corrected chi connectivity index (χ2v) is 8.20. The molecule has 4 heteroatoms. The van der Waals surface area contributed by atoms with E-state index in [1.165, 1.54) is 57.8 Å². The van der Waals surface area contributed by atoms with Gasteiger partial charge in [0, 0.05) is 6.04 Å². The highest BCUT2D eigenvalue weighted by Gasteiger charge is 2.48. The average molecular weight is 367 g/mol. The van der Waals surface area contributed by atoms with Crippen LogP contribution in [0, 0.1) is 0 Å². The van der Waals surface area contributed by atoms with Gasteiger partial charge in [-0.25, -0.2) is 4.79 Å². The second-order valence-electron chi connectivity index (χ2n) is 8.20. The summed E-state index contributed by atoms with van der Waals surface area (Å²) in [5.74, 6) is -0.0189.